The maximum absolute atomic E-state index is 10.6. The summed E-state index contributed by atoms with van der Waals surface area (Å²) >= 11 is 0. The molecule has 68 valence electrons. The molecule has 0 radical (unpaired) electrons. The lowest BCUT2D eigenvalue weighted by molar-refractivity contribution is -0.0766. The average Bonchev–Trinajstić information content (AvgIpc) is 2.09. The Balaban J connectivity index is 2.39. The number of ether oxygens (including phenoxy) is 1. The Hall–Kier alpha value is -1.26. The van der Waals surface area contributed by atoms with E-state index in [2.05, 4.69) is 4.74 Å². The molecule has 0 atom stereocenters. The van der Waals surface area contributed by atoms with Gasteiger partial charge in [0.2, 0.25) is 0 Å². The molecule has 1 aliphatic rings. The third-order valence-electron chi connectivity index (χ3n) is 1.68. The van der Waals surface area contributed by atoms with Crippen LogP contribution in [0.5, 0.6) is 0 Å². The normalized spacial score (nSPS) is 17.4. The number of methoxy groups -OCH3 is 1. The third-order valence-corrected chi connectivity index (χ3v) is 1.68. The minimum Gasteiger partial charge on any atom is -0.436 e. The van der Waals surface area contributed by atoms with Crippen molar-refractivity contribution >= 4 is 12.0 Å². The van der Waals surface area contributed by atoms with Gasteiger partial charge in [0.1, 0.15) is 5.84 Å². The number of nitrogens with zero attached hydrogens (tertiary/aromatic N) is 1. The zero-order valence-corrected chi connectivity index (χ0v) is 7.00. The molecule has 5 nitrogen and oxygen atoms in total. The smallest absolute Gasteiger partial charge is 0.436 e. The van der Waals surface area contributed by atoms with E-state index >= 15 is 0 Å². The first kappa shape index (κ1) is 8.83. The van der Waals surface area contributed by atoms with Crippen molar-refractivity contribution in [2.45, 2.75) is 19.3 Å². The van der Waals surface area contributed by atoms with E-state index in [1.165, 1.54) is 12.2 Å². The number of carbonyl (C=O) groups is 1. The van der Waals surface area contributed by atoms with Gasteiger partial charge in [-0.05, 0) is 12.8 Å². The van der Waals surface area contributed by atoms with E-state index in [9.17, 15) is 4.79 Å². The number of rotatable bonds is 1. The van der Waals surface area contributed by atoms with Gasteiger partial charge in [-0.15, -0.1) is 0 Å². The van der Waals surface area contributed by atoms with Crippen LogP contribution in [0, 0.1) is 5.41 Å². The van der Waals surface area contributed by atoms with Gasteiger partial charge in [0.05, 0.1) is 13.7 Å². The van der Waals surface area contributed by atoms with Crippen molar-refractivity contribution in [2.24, 2.45) is 0 Å². The van der Waals surface area contributed by atoms with Crippen LogP contribution in [0.4, 0.5) is 4.79 Å². The number of hydroxylamine groups is 2. The highest BCUT2D eigenvalue weighted by molar-refractivity contribution is 5.79. The maximum atomic E-state index is 10.6. The van der Waals surface area contributed by atoms with Crippen LogP contribution in [-0.2, 0) is 9.57 Å². The molecule has 0 unspecified atom stereocenters. The van der Waals surface area contributed by atoms with Crippen molar-refractivity contribution in [3.63, 3.8) is 0 Å². The topological polar surface area (TPSA) is 62.6 Å². The Morgan fingerprint density at radius 1 is 1.58 bits per heavy atom. The van der Waals surface area contributed by atoms with Gasteiger partial charge in [0.25, 0.3) is 0 Å². The maximum Gasteiger partial charge on any atom is 0.533 e. The lowest BCUT2D eigenvalue weighted by atomic mass is 10.1. The first-order chi connectivity index (χ1) is 5.74. The van der Waals surface area contributed by atoms with Crippen LogP contribution in [0.2, 0.25) is 0 Å². The highest BCUT2D eigenvalue weighted by Gasteiger charge is 2.18. The molecule has 0 amide bonds. The monoisotopic (exact) mass is 172 g/mol. The van der Waals surface area contributed by atoms with Crippen molar-refractivity contribution in [3.8, 4) is 0 Å². The summed E-state index contributed by atoms with van der Waals surface area (Å²) in [6.45, 7) is 0.591. The quantitative estimate of drug-likeness (QED) is 0.602. The molecule has 1 saturated heterocycles. The fraction of sp³-hybridized carbons (Fsp3) is 0.714. The van der Waals surface area contributed by atoms with Crippen molar-refractivity contribution in [3.05, 3.63) is 0 Å². The largest absolute Gasteiger partial charge is 0.533 e. The fourth-order valence-corrected chi connectivity index (χ4v) is 1.04. The number of hydrogen-bond acceptors (Lipinski definition) is 4. The molecule has 0 aromatic rings. The number of amidine groups is 1. The van der Waals surface area contributed by atoms with Crippen LogP contribution in [0.15, 0.2) is 0 Å². The molecule has 0 aliphatic carbocycles. The second kappa shape index (κ2) is 3.94. The Labute approximate surface area is 70.7 Å². The molecular weight excluding hydrogens is 160 g/mol. The minimum atomic E-state index is -0.762. The molecule has 0 bridgehead atoms. The molecule has 0 saturated carbocycles. The summed E-state index contributed by atoms with van der Waals surface area (Å²) in [5.74, 6) is 0.339. The predicted octanol–water partition coefficient (Wildman–Crippen LogP) is 1.15. The summed E-state index contributed by atoms with van der Waals surface area (Å²) in [5.41, 5.74) is 0. The Kier molecular flexibility index (Phi) is 2.90. The summed E-state index contributed by atoms with van der Waals surface area (Å²) in [7, 11) is 1.25. The molecule has 1 aliphatic heterocycles. The van der Waals surface area contributed by atoms with Crippen LogP contribution < -0.4 is 0 Å². The number of carbonyl (C=O) groups excluding carboxylic acids is 1. The van der Waals surface area contributed by atoms with Crippen LogP contribution in [0.3, 0.4) is 0 Å². The van der Waals surface area contributed by atoms with E-state index in [-0.39, 0.29) is 0 Å². The van der Waals surface area contributed by atoms with Gasteiger partial charge < -0.3 is 9.57 Å². The molecule has 1 heterocycles. The average molecular weight is 172 g/mol. The van der Waals surface area contributed by atoms with Crippen LogP contribution in [0.1, 0.15) is 19.3 Å². The lowest BCUT2D eigenvalue weighted by Crippen LogP contribution is -2.36. The van der Waals surface area contributed by atoms with Gasteiger partial charge >= 0.3 is 6.16 Å². The third kappa shape index (κ3) is 2.11. The van der Waals surface area contributed by atoms with Gasteiger partial charge in [-0.3, -0.25) is 5.41 Å². The summed E-state index contributed by atoms with van der Waals surface area (Å²) in [6.07, 6.45) is 1.83. The number of nitrogens with one attached hydrogen (secondary N) is 1. The molecule has 0 aromatic heterocycles. The predicted molar refractivity (Wildman–Crippen MR) is 41.8 cm³/mol. The molecule has 1 fully saturated rings. The Bertz CT molecular complexity index is 193. The van der Waals surface area contributed by atoms with Gasteiger partial charge in [-0.2, -0.15) is 5.06 Å². The molecule has 5 heteroatoms. The second-order valence-electron chi connectivity index (χ2n) is 2.55. The SMILES string of the molecule is COC(=O)ON1CCCCC1=N. The van der Waals surface area contributed by atoms with Crippen LogP contribution in [-0.4, -0.2) is 30.7 Å². The van der Waals surface area contributed by atoms with E-state index in [1.807, 2.05) is 0 Å². The molecule has 0 aromatic carbocycles. The molecular formula is C7H12N2O3. The number of piperidine rings is 1. The van der Waals surface area contributed by atoms with E-state index in [1.54, 1.807) is 0 Å². The summed E-state index contributed by atoms with van der Waals surface area (Å²) in [6, 6.07) is 0. The summed E-state index contributed by atoms with van der Waals surface area (Å²) < 4.78 is 4.30. The first-order valence-corrected chi connectivity index (χ1v) is 3.85. The molecule has 1 rings (SSSR count). The van der Waals surface area contributed by atoms with E-state index in [4.69, 9.17) is 10.2 Å². The molecule has 0 spiro atoms. The summed E-state index contributed by atoms with van der Waals surface area (Å²) in [5, 5.41) is 8.68. The standard InChI is InChI=1S/C7H12N2O3/c1-11-7(10)12-9-5-3-2-4-6(9)8/h8H,2-5H2,1H3. The zero-order chi connectivity index (χ0) is 8.97. The number of hydrogen-bond donors (Lipinski definition) is 1. The van der Waals surface area contributed by atoms with Gasteiger partial charge in [0, 0.05) is 6.42 Å². The van der Waals surface area contributed by atoms with E-state index in [0.29, 0.717) is 18.8 Å². The van der Waals surface area contributed by atoms with Crippen molar-refractivity contribution in [2.75, 3.05) is 13.7 Å². The second-order valence-corrected chi connectivity index (χ2v) is 2.55. The highest BCUT2D eigenvalue weighted by Crippen LogP contribution is 2.11. The first-order valence-electron chi connectivity index (χ1n) is 3.85. The Morgan fingerprint density at radius 2 is 2.33 bits per heavy atom. The zero-order valence-electron chi connectivity index (χ0n) is 7.00. The van der Waals surface area contributed by atoms with Gasteiger partial charge in [-0.25, -0.2) is 4.79 Å². The van der Waals surface area contributed by atoms with E-state index in [0.717, 1.165) is 12.8 Å². The van der Waals surface area contributed by atoms with Gasteiger partial charge in [0.15, 0.2) is 0 Å². The van der Waals surface area contributed by atoms with Crippen molar-refractivity contribution in [1.82, 2.24) is 5.06 Å². The van der Waals surface area contributed by atoms with Crippen LogP contribution >= 0.6 is 0 Å². The van der Waals surface area contributed by atoms with Crippen molar-refractivity contribution < 1.29 is 14.4 Å². The lowest BCUT2D eigenvalue weighted by Gasteiger charge is -2.26. The molecule has 12 heavy (non-hydrogen) atoms. The highest BCUT2D eigenvalue weighted by atomic mass is 16.8. The molecule has 1 N–H and O–H groups in total. The van der Waals surface area contributed by atoms with E-state index < -0.39 is 6.16 Å². The van der Waals surface area contributed by atoms with Crippen LogP contribution in [0.25, 0.3) is 0 Å². The van der Waals surface area contributed by atoms with Crippen molar-refractivity contribution in [1.29, 1.82) is 5.41 Å². The van der Waals surface area contributed by atoms with Gasteiger partial charge in [-0.1, -0.05) is 0 Å². The fourth-order valence-electron chi connectivity index (χ4n) is 1.04. The minimum absolute atomic E-state index is 0.339. The Morgan fingerprint density at radius 3 is 2.92 bits per heavy atom. The summed E-state index contributed by atoms with van der Waals surface area (Å²) in [4.78, 5) is 15.3.